The van der Waals surface area contributed by atoms with Crippen LogP contribution in [0.4, 0.5) is 0 Å². The summed E-state index contributed by atoms with van der Waals surface area (Å²) in [6.45, 7) is 4.47. The summed E-state index contributed by atoms with van der Waals surface area (Å²) in [4.78, 5) is 12.0. The van der Waals surface area contributed by atoms with Crippen molar-refractivity contribution in [2.24, 2.45) is 0 Å². The quantitative estimate of drug-likeness (QED) is 0.779. The fourth-order valence-corrected chi connectivity index (χ4v) is 3.02. The Morgan fingerprint density at radius 3 is 2.76 bits per heavy atom. The smallest absolute Gasteiger partial charge is 0.244 e. The third-order valence-corrected chi connectivity index (χ3v) is 5.03. The number of hydrogen-bond donors (Lipinski definition) is 2. The lowest BCUT2D eigenvalue weighted by Crippen LogP contribution is -2.38. The maximum Gasteiger partial charge on any atom is 0.244 e. The molecule has 1 aromatic carbocycles. The molecular formula is C19H22ClN3O2. The van der Waals surface area contributed by atoms with E-state index in [0.29, 0.717) is 11.6 Å². The predicted molar refractivity (Wildman–Crippen MR) is 98.5 cm³/mol. The number of amides is 1. The van der Waals surface area contributed by atoms with Crippen LogP contribution < -0.4 is 5.32 Å². The van der Waals surface area contributed by atoms with Gasteiger partial charge in [0.1, 0.15) is 0 Å². The first-order valence-electron chi connectivity index (χ1n) is 8.33. The average molecular weight is 360 g/mol. The number of aromatic nitrogens is 2. The Morgan fingerprint density at radius 1 is 1.40 bits per heavy atom. The van der Waals surface area contributed by atoms with Crippen molar-refractivity contribution in [2.75, 3.05) is 6.61 Å². The summed E-state index contributed by atoms with van der Waals surface area (Å²) in [5.74, 6) is -0.191. The van der Waals surface area contributed by atoms with Gasteiger partial charge in [0.05, 0.1) is 24.4 Å². The Bertz CT molecular complexity index is 822. The fourth-order valence-electron chi connectivity index (χ4n) is 2.83. The van der Waals surface area contributed by atoms with Gasteiger partial charge in [-0.25, -0.2) is 0 Å². The number of aryl methyl sites for hydroxylation is 1. The Hall–Kier alpha value is -2.11. The molecule has 0 saturated heterocycles. The number of rotatable bonds is 6. The van der Waals surface area contributed by atoms with E-state index in [1.54, 1.807) is 6.08 Å². The van der Waals surface area contributed by atoms with E-state index in [9.17, 15) is 9.90 Å². The third kappa shape index (κ3) is 3.94. The van der Waals surface area contributed by atoms with Crippen LogP contribution in [0.15, 0.2) is 30.3 Å². The first-order valence-corrected chi connectivity index (χ1v) is 8.70. The lowest BCUT2D eigenvalue weighted by atomic mass is 10.1. The van der Waals surface area contributed by atoms with Gasteiger partial charge in [0.25, 0.3) is 0 Å². The highest BCUT2D eigenvalue weighted by Crippen LogP contribution is 2.34. The van der Waals surface area contributed by atoms with E-state index < -0.39 is 5.54 Å². The average Bonchev–Trinajstić information content (AvgIpc) is 3.30. The molecule has 132 valence electrons. The number of benzene rings is 1. The highest BCUT2D eigenvalue weighted by Gasteiger charge is 2.42. The SMILES string of the molecule is Cc1nn(Cc2ccccc2Cl)c(C)c1C=CC(=O)NC1(CO)CC1. The topological polar surface area (TPSA) is 67.2 Å². The molecular weight excluding hydrogens is 338 g/mol. The van der Waals surface area contributed by atoms with Crippen molar-refractivity contribution in [3.05, 3.63) is 57.9 Å². The Balaban J connectivity index is 1.74. The summed E-state index contributed by atoms with van der Waals surface area (Å²) in [5, 5.41) is 17.4. The van der Waals surface area contributed by atoms with Crippen LogP contribution in [0, 0.1) is 13.8 Å². The number of hydrogen-bond acceptors (Lipinski definition) is 3. The maximum absolute atomic E-state index is 12.0. The minimum absolute atomic E-state index is 0.0135. The normalized spacial score (nSPS) is 15.5. The molecule has 0 spiro atoms. The van der Waals surface area contributed by atoms with Gasteiger partial charge in [-0.1, -0.05) is 29.8 Å². The molecule has 0 bridgehead atoms. The van der Waals surface area contributed by atoms with Gasteiger partial charge in [-0.15, -0.1) is 0 Å². The molecule has 3 rings (SSSR count). The van der Waals surface area contributed by atoms with Gasteiger partial charge in [0.15, 0.2) is 0 Å². The molecule has 1 saturated carbocycles. The highest BCUT2D eigenvalue weighted by atomic mass is 35.5. The second kappa shape index (κ2) is 7.02. The zero-order valence-electron chi connectivity index (χ0n) is 14.4. The van der Waals surface area contributed by atoms with Crippen LogP contribution in [0.2, 0.25) is 5.02 Å². The van der Waals surface area contributed by atoms with E-state index in [1.807, 2.05) is 42.8 Å². The molecule has 1 fully saturated rings. The van der Waals surface area contributed by atoms with Gasteiger partial charge in [-0.3, -0.25) is 9.48 Å². The van der Waals surface area contributed by atoms with Gasteiger partial charge >= 0.3 is 0 Å². The highest BCUT2D eigenvalue weighted by molar-refractivity contribution is 6.31. The molecule has 2 aromatic rings. The summed E-state index contributed by atoms with van der Waals surface area (Å²) in [5.41, 5.74) is 3.36. The summed E-state index contributed by atoms with van der Waals surface area (Å²) in [7, 11) is 0. The van der Waals surface area contributed by atoms with Crippen LogP contribution in [-0.4, -0.2) is 32.9 Å². The molecule has 1 aromatic heterocycles. The monoisotopic (exact) mass is 359 g/mol. The van der Waals surface area contributed by atoms with Crippen molar-refractivity contribution in [1.82, 2.24) is 15.1 Å². The molecule has 5 nitrogen and oxygen atoms in total. The van der Waals surface area contributed by atoms with E-state index in [4.69, 9.17) is 11.6 Å². The number of nitrogens with zero attached hydrogens (tertiary/aromatic N) is 2. The minimum atomic E-state index is -0.403. The third-order valence-electron chi connectivity index (χ3n) is 4.66. The minimum Gasteiger partial charge on any atom is -0.394 e. The molecule has 25 heavy (non-hydrogen) atoms. The molecule has 1 aliphatic carbocycles. The molecule has 0 aliphatic heterocycles. The standard InChI is InChI=1S/C19H22ClN3O2/c1-13-16(7-8-18(25)21-19(12-24)9-10-19)14(2)23(22-13)11-15-5-3-4-6-17(15)20/h3-8,24H,9-12H2,1-2H3,(H,21,25). The molecule has 0 atom stereocenters. The zero-order valence-corrected chi connectivity index (χ0v) is 15.2. The fraction of sp³-hybridized carbons (Fsp3) is 0.368. The number of carbonyl (C=O) groups excluding carboxylic acids is 1. The second-order valence-electron chi connectivity index (χ2n) is 6.59. The summed E-state index contributed by atoms with van der Waals surface area (Å²) in [6, 6.07) is 7.69. The van der Waals surface area contributed by atoms with Gasteiger partial charge in [-0.2, -0.15) is 5.10 Å². The number of aliphatic hydroxyl groups excluding tert-OH is 1. The number of nitrogens with one attached hydrogen (secondary N) is 1. The van der Waals surface area contributed by atoms with Gasteiger partial charge in [-0.05, 0) is 44.4 Å². The number of aliphatic hydroxyl groups is 1. The van der Waals surface area contributed by atoms with Crippen LogP contribution in [0.3, 0.4) is 0 Å². The molecule has 1 amide bonds. The first kappa shape index (κ1) is 17.7. The van der Waals surface area contributed by atoms with Crippen molar-refractivity contribution >= 4 is 23.6 Å². The van der Waals surface area contributed by atoms with E-state index in [2.05, 4.69) is 10.4 Å². The van der Waals surface area contributed by atoms with E-state index >= 15 is 0 Å². The summed E-state index contributed by atoms with van der Waals surface area (Å²) >= 11 is 6.23. The van der Waals surface area contributed by atoms with Crippen LogP contribution in [0.5, 0.6) is 0 Å². The van der Waals surface area contributed by atoms with E-state index in [-0.39, 0.29) is 12.5 Å². The van der Waals surface area contributed by atoms with Crippen LogP contribution in [-0.2, 0) is 11.3 Å². The van der Waals surface area contributed by atoms with Crippen molar-refractivity contribution in [3.8, 4) is 0 Å². The first-order chi connectivity index (χ1) is 11.9. The molecule has 6 heteroatoms. The summed E-state index contributed by atoms with van der Waals surface area (Å²) in [6.07, 6.45) is 4.95. The summed E-state index contributed by atoms with van der Waals surface area (Å²) < 4.78 is 1.89. The Labute approximate surface area is 152 Å². The van der Waals surface area contributed by atoms with Crippen molar-refractivity contribution < 1.29 is 9.90 Å². The van der Waals surface area contributed by atoms with Gasteiger partial charge < -0.3 is 10.4 Å². The van der Waals surface area contributed by atoms with Crippen molar-refractivity contribution in [1.29, 1.82) is 0 Å². The van der Waals surface area contributed by atoms with Crippen LogP contribution >= 0.6 is 11.6 Å². The number of carbonyl (C=O) groups is 1. The molecule has 1 heterocycles. The zero-order chi connectivity index (χ0) is 18.0. The van der Waals surface area contributed by atoms with E-state index in [0.717, 1.165) is 35.4 Å². The Kier molecular flexibility index (Phi) is 4.97. The molecule has 2 N–H and O–H groups in total. The maximum atomic E-state index is 12.0. The molecule has 1 aliphatic rings. The van der Waals surface area contributed by atoms with E-state index in [1.165, 1.54) is 6.08 Å². The molecule has 0 unspecified atom stereocenters. The number of halogens is 1. The largest absolute Gasteiger partial charge is 0.394 e. The Morgan fingerprint density at radius 2 is 2.12 bits per heavy atom. The van der Waals surface area contributed by atoms with Crippen LogP contribution in [0.1, 0.15) is 35.4 Å². The second-order valence-corrected chi connectivity index (χ2v) is 7.00. The van der Waals surface area contributed by atoms with Crippen molar-refractivity contribution in [3.63, 3.8) is 0 Å². The van der Waals surface area contributed by atoms with Crippen molar-refractivity contribution in [2.45, 2.75) is 38.8 Å². The molecule has 0 radical (unpaired) electrons. The van der Waals surface area contributed by atoms with Crippen LogP contribution in [0.25, 0.3) is 6.08 Å². The predicted octanol–water partition coefficient (Wildman–Crippen LogP) is 2.86. The lowest BCUT2D eigenvalue weighted by molar-refractivity contribution is -0.117. The van der Waals surface area contributed by atoms with Gasteiger partial charge in [0.2, 0.25) is 5.91 Å². The lowest BCUT2D eigenvalue weighted by Gasteiger charge is -2.11. The van der Waals surface area contributed by atoms with Gasteiger partial charge in [0, 0.05) is 22.4 Å².